The van der Waals surface area contributed by atoms with Crippen LogP contribution in [0.25, 0.3) is 0 Å². The van der Waals surface area contributed by atoms with Crippen molar-refractivity contribution in [2.45, 2.75) is 69.9 Å². The third kappa shape index (κ3) is 2.94. The van der Waals surface area contributed by atoms with Crippen molar-refractivity contribution in [3.63, 3.8) is 0 Å². The largest absolute Gasteiger partial charge is 0.375 e. The van der Waals surface area contributed by atoms with Crippen LogP contribution in [0.1, 0.15) is 58.3 Å². The van der Waals surface area contributed by atoms with Crippen molar-refractivity contribution in [3.8, 4) is 0 Å². The van der Waals surface area contributed by atoms with Gasteiger partial charge in [-0.15, -0.1) is 0 Å². The molecule has 2 aliphatic rings. The Labute approximate surface area is 93.8 Å². The number of ether oxygens (including phenoxy) is 1. The molecule has 0 bridgehead atoms. The van der Waals surface area contributed by atoms with Gasteiger partial charge < -0.3 is 10.1 Å². The van der Waals surface area contributed by atoms with Gasteiger partial charge >= 0.3 is 0 Å². The van der Waals surface area contributed by atoms with Gasteiger partial charge in [0.1, 0.15) is 0 Å². The Morgan fingerprint density at radius 3 is 2.87 bits per heavy atom. The Bertz CT molecular complexity index is 189. The summed E-state index contributed by atoms with van der Waals surface area (Å²) in [7, 11) is 0. The molecular weight excluding hydrogens is 186 g/mol. The van der Waals surface area contributed by atoms with Crippen LogP contribution in [0.3, 0.4) is 0 Å². The van der Waals surface area contributed by atoms with Crippen LogP contribution in [0.2, 0.25) is 0 Å². The molecule has 1 aliphatic heterocycles. The van der Waals surface area contributed by atoms with Gasteiger partial charge in [-0.1, -0.05) is 19.8 Å². The van der Waals surface area contributed by atoms with Crippen molar-refractivity contribution in [2.75, 3.05) is 13.2 Å². The van der Waals surface area contributed by atoms with E-state index >= 15 is 0 Å². The Morgan fingerprint density at radius 2 is 2.20 bits per heavy atom. The molecule has 1 saturated carbocycles. The summed E-state index contributed by atoms with van der Waals surface area (Å²) < 4.78 is 5.92. The van der Waals surface area contributed by atoms with E-state index in [1.165, 1.54) is 57.9 Å². The van der Waals surface area contributed by atoms with Crippen molar-refractivity contribution >= 4 is 0 Å². The van der Waals surface area contributed by atoms with Crippen molar-refractivity contribution in [1.82, 2.24) is 5.32 Å². The molecule has 1 atom stereocenters. The lowest BCUT2D eigenvalue weighted by Crippen LogP contribution is -2.51. The Balaban J connectivity index is 1.64. The minimum absolute atomic E-state index is 0.306. The maximum Gasteiger partial charge on any atom is 0.0697 e. The predicted octanol–water partition coefficient (Wildman–Crippen LogP) is 2.87. The second-order valence-corrected chi connectivity index (χ2v) is 5.24. The molecule has 1 heterocycles. The van der Waals surface area contributed by atoms with Gasteiger partial charge in [0.05, 0.1) is 5.60 Å². The zero-order chi connectivity index (χ0) is 10.6. The summed E-state index contributed by atoms with van der Waals surface area (Å²) in [5.41, 5.74) is 0.306. The van der Waals surface area contributed by atoms with Crippen molar-refractivity contribution < 1.29 is 4.74 Å². The van der Waals surface area contributed by atoms with Crippen LogP contribution in [-0.4, -0.2) is 24.8 Å². The Hall–Kier alpha value is -0.0800. The monoisotopic (exact) mass is 211 g/mol. The second kappa shape index (κ2) is 5.31. The maximum absolute atomic E-state index is 5.92. The molecule has 15 heavy (non-hydrogen) atoms. The van der Waals surface area contributed by atoms with E-state index in [1.807, 2.05) is 0 Å². The third-order valence-electron chi connectivity index (χ3n) is 3.97. The van der Waals surface area contributed by atoms with Crippen LogP contribution in [0.4, 0.5) is 0 Å². The zero-order valence-electron chi connectivity index (χ0n) is 10.1. The fourth-order valence-electron chi connectivity index (χ4n) is 2.80. The van der Waals surface area contributed by atoms with Crippen LogP contribution in [0, 0.1) is 0 Å². The van der Waals surface area contributed by atoms with E-state index in [2.05, 4.69) is 12.2 Å². The Morgan fingerprint density at radius 1 is 1.33 bits per heavy atom. The van der Waals surface area contributed by atoms with Crippen molar-refractivity contribution in [1.29, 1.82) is 0 Å². The highest BCUT2D eigenvalue weighted by Gasteiger charge is 2.42. The third-order valence-corrected chi connectivity index (χ3v) is 3.97. The van der Waals surface area contributed by atoms with E-state index in [0.29, 0.717) is 5.60 Å². The standard InChI is InChI=1S/C13H25NO/c1-2-3-4-9-14-12-6-10-15-13(11-12)7-5-8-13/h12,14H,2-11H2,1H3. The van der Waals surface area contributed by atoms with E-state index in [0.717, 1.165) is 12.6 Å². The normalized spacial score (nSPS) is 29.0. The van der Waals surface area contributed by atoms with Gasteiger partial charge in [0, 0.05) is 12.6 Å². The molecule has 0 aromatic rings. The zero-order valence-corrected chi connectivity index (χ0v) is 10.1. The van der Waals surface area contributed by atoms with E-state index in [4.69, 9.17) is 4.74 Å². The minimum atomic E-state index is 0.306. The first-order valence-corrected chi connectivity index (χ1v) is 6.72. The summed E-state index contributed by atoms with van der Waals surface area (Å²) in [5, 5.41) is 3.70. The molecule has 2 heteroatoms. The molecule has 0 radical (unpaired) electrons. The van der Waals surface area contributed by atoms with Crippen molar-refractivity contribution in [2.24, 2.45) is 0 Å². The molecule has 88 valence electrons. The molecule has 0 aromatic carbocycles. The van der Waals surface area contributed by atoms with Crippen LogP contribution in [-0.2, 0) is 4.74 Å². The fourth-order valence-corrected chi connectivity index (χ4v) is 2.80. The van der Waals surface area contributed by atoms with Crippen molar-refractivity contribution in [3.05, 3.63) is 0 Å². The van der Waals surface area contributed by atoms with Gasteiger partial charge in [0.2, 0.25) is 0 Å². The molecule has 1 spiro atoms. The number of hydrogen-bond donors (Lipinski definition) is 1. The molecule has 0 amide bonds. The van der Waals surface area contributed by atoms with E-state index in [9.17, 15) is 0 Å². The number of unbranched alkanes of at least 4 members (excludes halogenated alkanes) is 2. The highest BCUT2D eigenvalue weighted by molar-refractivity contribution is 4.95. The van der Waals surface area contributed by atoms with Gasteiger partial charge in [-0.05, 0) is 45.1 Å². The highest BCUT2D eigenvalue weighted by atomic mass is 16.5. The summed E-state index contributed by atoms with van der Waals surface area (Å²) in [6.45, 7) is 4.44. The first kappa shape index (κ1) is 11.4. The molecule has 0 aromatic heterocycles. The summed E-state index contributed by atoms with van der Waals surface area (Å²) in [6, 6.07) is 0.732. The maximum atomic E-state index is 5.92. The molecule has 2 rings (SSSR count). The summed E-state index contributed by atoms with van der Waals surface area (Å²) in [6.07, 6.45) is 10.5. The Kier molecular flexibility index (Phi) is 4.04. The van der Waals surface area contributed by atoms with Crippen LogP contribution < -0.4 is 5.32 Å². The number of nitrogens with one attached hydrogen (secondary N) is 1. The van der Waals surface area contributed by atoms with E-state index < -0.39 is 0 Å². The van der Waals surface area contributed by atoms with E-state index in [-0.39, 0.29) is 0 Å². The van der Waals surface area contributed by atoms with Crippen LogP contribution in [0.15, 0.2) is 0 Å². The number of hydrogen-bond acceptors (Lipinski definition) is 2. The second-order valence-electron chi connectivity index (χ2n) is 5.24. The van der Waals surface area contributed by atoms with Gasteiger partial charge in [-0.25, -0.2) is 0 Å². The summed E-state index contributed by atoms with van der Waals surface area (Å²) in [4.78, 5) is 0. The quantitative estimate of drug-likeness (QED) is 0.706. The molecular formula is C13H25NO. The van der Waals surface area contributed by atoms with E-state index in [1.54, 1.807) is 0 Å². The smallest absolute Gasteiger partial charge is 0.0697 e. The van der Waals surface area contributed by atoms with Gasteiger partial charge in [-0.3, -0.25) is 0 Å². The molecule has 1 saturated heterocycles. The lowest BCUT2D eigenvalue weighted by Gasteiger charge is -2.47. The SMILES string of the molecule is CCCCCNC1CCOC2(CCC2)C1. The first-order valence-electron chi connectivity index (χ1n) is 6.72. The average Bonchev–Trinajstić information content (AvgIpc) is 2.23. The average molecular weight is 211 g/mol. The topological polar surface area (TPSA) is 21.3 Å². The number of rotatable bonds is 5. The fraction of sp³-hybridized carbons (Fsp3) is 1.00. The van der Waals surface area contributed by atoms with Gasteiger partial charge in [0.25, 0.3) is 0 Å². The molecule has 2 nitrogen and oxygen atoms in total. The molecule has 1 unspecified atom stereocenters. The molecule has 1 N–H and O–H groups in total. The van der Waals surface area contributed by atoms with Gasteiger partial charge in [0.15, 0.2) is 0 Å². The minimum Gasteiger partial charge on any atom is -0.375 e. The van der Waals surface area contributed by atoms with Crippen LogP contribution in [0.5, 0.6) is 0 Å². The van der Waals surface area contributed by atoms with Crippen LogP contribution >= 0.6 is 0 Å². The molecule has 1 aliphatic carbocycles. The lowest BCUT2D eigenvalue weighted by molar-refractivity contribution is -0.135. The first-order chi connectivity index (χ1) is 7.35. The lowest BCUT2D eigenvalue weighted by atomic mass is 9.74. The van der Waals surface area contributed by atoms with Gasteiger partial charge in [-0.2, -0.15) is 0 Å². The summed E-state index contributed by atoms with van der Waals surface area (Å²) in [5.74, 6) is 0. The summed E-state index contributed by atoms with van der Waals surface area (Å²) >= 11 is 0. The highest BCUT2D eigenvalue weighted by Crippen LogP contribution is 2.42. The predicted molar refractivity (Wildman–Crippen MR) is 63.1 cm³/mol. The molecule has 2 fully saturated rings.